The van der Waals surface area contributed by atoms with Crippen LogP contribution in [0.25, 0.3) is 0 Å². The van der Waals surface area contributed by atoms with Crippen molar-refractivity contribution in [2.45, 2.75) is 97.6 Å². The third-order valence-corrected chi connectivity index (χ3v) is 20.8. The van der Waals surface area contributed by atoms with Crippen molar-refractivity contribution in [1.82, 2.24) is 5.48 Å². The number of carbonyl (C=O) groups excluding carboxylic acids is 3. The number of amides is 1. The molecule has 8 aromatic rings. The van der Waals surface area contributed by atoms with Gasteiger partial charge in [-0.25, -0.2) is 43.5 Å². The zero-order valence-electron chi connectivity index (χ0n) is 53.2. The van der Waals surface area contributed by atoms with Crippen LogP contribution in [0.5, 0.6) is 40.2 Å². The number of benzene rings is 8. The van der Waals surface area contributed by atoms with Gasteiger partial charge in [-0.2, -0.15) is 0 Å². The second kappa shape index (κ2) is 38.2. The highest BCUT2D eigenvalue weighted by Gasteiger charge is 2.35. The summed E-state index contributed by atoms with van der Waals surface area (Å²) in [4.78, 5) is 32.5. The van der Waals surface area contributed by atoms with Crippen molar-refractivity contribution in [2.24, 2.45) is 0 Å². The summed E-state index contributed by atoms with van der Waals surface area (Å²) >= 11 is 2.94. The highest BCUT2D eigenvalue weighted by atomic mass is 79.9. The van der Waals surface area contributed by atoms with Crippen LogP contribution >= 0.6 is 26.6 Å². The minimum atomic E-state index is -3.94. The number of rotatable bonds is 18. The van der Waals surface area contributed by atoms with Crippen molar-refractivity contribution in [3.63, 3.8) is 0 Å². The first kappa shape index (κ1) is 78.0. The van der Waals surface area contributed by atoms with E-state index >= 15 is 0 Å². The first-order chi connectivity index (χ1) is 46.9. The summed E-state index contributed by atoms with van der Waals surface area (Å²) in [7, 11) is -10.1. The average molecular weight is 1510 g/mol. The number of para-hydroxylation sites is 11. The number of alkyl halides is 1. The number of nitrogens with zero attached hydrogens (tertiary/aromatic N) is 2. The van der Waals surface area contributed by atoms with E-state index in [9.17, 15) is 52.4 Å². The Balaban J connectivity index is 0.000000199. The van der Waals surface area contributed by atoms with Gasteiger partial charge in [-0.1, -0.05) is 139 Å². The molecule has 23 nitrogen and oxygen atoms in total. The Morgan fingerprint density at radius 3 is 1.39 bits per heavy atom. The summed E-state index contributed by atoms with van der Waals surface area (Å²) in [6.07, 6.45) is 6.61. The Hall–Kier alpha value is -8.97. The number of nitrogens with two attached hydrogens (primary N) is 1. The fourth-order valence-corrected chi connectivity index (χ4v) is 14.9. The minimum absolute atomic E-state index is 0.146. The number of hydrogen-bond acceptors (Lipinski definition) is 19. The molecule has 6 N–H and O–H groups in total. The Morgan fingerprint density at radius 1 is 0.541 bits per heavy atom. The van der Waals surface area contributed by atoms with E-state index in [-0.39, 0.29) is 38.8 Å². The topological polar surface area (TPSA) is 331 Å². The summed E-state index contributed by atoms with van der Waals surface area (Å²) in [5.74, 6) is 1.05. The second-order valence-electron chi connectivity index (χ2n) is 20.9. The maximum Gasteiger partial charge on any atom is 0.316 e. The molecule has 0 atom stereocenters. The van der Waals surface area contributed by atoms with Gasteiger partial charge < -0.3 is 34.5 Å². The molecule has 0 aliphatic carbocycles. The first-order valence-corrected chi connectivity index (χ1v) is 38.4. The predicted molar refractivity (Wildman–Crippen MR) is 374 cm³/mol. The van der Waals surface area contributed by atoms with Crippen LogP contribution in [0.15, 0.2) is 214 Å². The number of aromatic hydroxyl groups is 1. The van der Waals surface area contributed by atoms with Crippen LogP contribution in [0.1, 0.15) is 78.1 Å². The Kier molecular flexibility index (Phi) is 30.5. The van der Waals surface area contributed by atoms with Crippen molar-refractivity contribution >= 4 is 106 Å². The standard InChI is InChI=1S/C21H25NO5S.C19H22N2O5S.C12H9NO3S.C6H4ClFO2S.C6H7NO.C4H7BrO2/c1-2-26-21(23)15-5-3-4-10-16-22-17-11-6-7-12-18(17)27-19-13-8-9-14-20(19)28(22,24)25;22-19(20-23)13-3-1-2-8-14-21-15-9-4-5-10-16(15)26-17-11-6-7-12-18(17)27(21,24)25;14-17(15)12-8-4-3-7-11(12)16-10-6-2-1-5-9(10)13-17;7-11(9,10)6-4-2-1-3-5(6)8;7-5-3-1-2-4-6(5)8;1-2-7-4(6)3-5/h6-9,11-14H,2-5,10,15-16H2,1H3;4-7,9-12,23H,1-3,8,13-14H2,(H,20,22);1-8,13H;1-4H;1-4,8H,7H2;2-3H2,1H3. The lowest BCUT2D eigenvalue weighted by molar-refractivity contribution is -0.143. The summed E-state index contributed by atoms with van der Waals surface area (Å²) in [5.41, 5.74) is 8.81. The molecule has 0 saturated carbocycles. The second-order valence-corrected chi connectivity index (χ2v) is 29.3. The number of hydroxylamine groups is 1. The summed E-state index contributed by atoms with van der Waals surface area (Å²) < 4.78 is 143. The number of nitrogen functional groups attached to an aromatic ring is 1. The van der Waals surface area contributed by atoms with Crippen molar-refractivity contribution in [1.29, 1.82) is 0 Å². The molecule has 0 aromatic heterocycles. The monoisotopic (exact) mass is 1510 g/mol. The van der Waals surface area contributed by atoms with Crippen LogP contribution in [0.4, 0.5) is 27.1 Å². The van der Waals surface area contributed by atoms with Crippen LogP contribution in [0, 0.1) is 5.82 Å². The molecule has 30 heteroatoms. The molecular weight excluding hydrogens is 1440 g/mol. The van der Waals surface area contributed by atoms with Crippen molar-refractivity contribution in [3.05, 3.63) is 200 Å². The number of phenolic OH excluding ortho intramolecular Hbond substituents is 1. The highest BCUT2D eigenvalue weighted by Crippen LogP contribution is 2.44. The Labute approximate surface area is 582 Å². The maximum atomic E-state index is 13.3. The van der Waals surface area contributed by atoms with Gasteiger partial charge in [-0.05, 0) is 137 Å². The number of esters is 2. The van der Waals surface area contributed by atoms with Crippen LogP contribution < -0.4 is 38.8 Å². The largest absolute Gasteiger partial charge is 0.506 e. The molecule has 0 radical (unpaired) electrons. The lowest BCUT2D eigenvalue weighted by atomic mass is 10.1. The molecular formula is C68H74BrClFN5O18S4. The Bertz CT molecular complexity index is 4430. The van der Waals surface area contributed by atoms with E-state index in [2.05, 4.69) is 25.4 Å². The molecule has 3 heterocycles. The van der Waals surface area contributed by atoms with Crippen molar-refractivity contribution in [3.8, 4) is 40.2 Å². The highest BCUT2D eigenvalue weighted by molar-refractivity contribution is 9.09. The van der Waals surface area contributed by atoms with Crippen LogP contribution in [0.3, 0.4) is 0 Å². The lowest BCUT2D eigenvalue weighted by Gasteiger charge is -2.23. The number of phenols is 1. The smallest absolute Gasteiger partial charge is 0.316 e. The molecule has 1 amide bonds. The van der Waals surface area contributed by atoms with Gasteiger partial charge in [0.2, 0.25) is 5.91 Å². The molecule has 11 rings (SSSR count). The van der Waals surface area contributed by atoms with Gasteiger partial charge in [0.25, 0.3) is 39.1 Å². The van der Waals surface area contributed by atoms with Crippen molar-refractivity contribution < 1.29 is 86.4 Å². The lowest BCUT2D eigenvalue weighted by Crippen LogP contribution is -2.31. The fraction of sp³-hybridized carbons (Fsp3) is 0.250. The first-order valence-electron chi connectivity index (χ1n) is 30.6. The van der Waals surface area contributed by atoms with E-state index in [0.717, 1.165) is 44.2 Å². The molecule has 3 aliphatic rings. The third-order valence-electron chi connectivity index (χ3n) is 13.9. The third kappa shape index (κ3) is 22.8. The van der Waals surface area contributed by atoms with Gasteiger partial charge in [-0.3, -0.25) is 32.9 Å². The van der Waals surface area contributed by atoms with E-state index < -0.39 is 55.7 Å². The molecule has 0 saturated heterocycles. The molecule has 0 unspecified atom stereocenters. The van der Waals surface area contributed by atoms with Gasteiger partial charge in [0.15, 0.2) is 17.2 Å². The van der Waals surface area contributed by atoms with Gasteiger partial charge >= 0.3 is 11.9 Å². The molecule has 0 fully saturated rings. The normalized spacial score (nSPS) is 13.4. The summed E-state index contributed by atoms with van der Waals surface area (Å²) in [5, 5.41) is 17.6. The van der Waals surface area contributed by atoms with Crippen LogP contribution in [-0.2, 0) is 63.0 Å². The SMILES string of the molecule is CCOC(=O)CBr.CCOC(=O)CCCCCCN1c2ccccc2Oc2ccccc2S1(=O)=O.Nc1ccccc1O.O=C(CCCCCCN1c2ccccc2Oc2ccccc2S1(=O)=O)NO.O=S(=O)(Cl)c1ccccc1F.O=S1(=O)Nc2ccccc2Oc2ccccc21. The average Bonchev–Trinajstić information content (AvgIpc) is 1.59. The molecule has 524 valence electrons. The number of fused-ring (bicyclic) bond motifs is 6. The van der Waals surface area contributed by atoms with Gasteiger partial charge in [-0.15, -0.1) is 0 Å². The number of unbranched alkanes of at least 4 members (excludes halogenated alkanes) is 6. The number of nitrogens with one attached hydrogen (secondary N) is 2. The molecule has 98 heavy (non-hydrogen) atoms. The molecule has 3 aliphatic heterocycles. The number of carbonyl (C=O) groups is 3. The number of halogens is 3. The van der Waals surface area contributed by atoms with Gasteiger partial charge in [0, 0.05) is 36.6 Å². The zero-order valence-corrected chi connectivity index (χ0v) is 58.9. The summed E-state index contributed by atoms with van der Waals surface area (Å²) in [6.45, 7) is 5.11. The maximum absolute atomic E-state index is 13.3. The van der Waals surface area contributed by atoms with Gasteiger partial charge in [0.05, 0.1) is 36.0 Å². The van der Waals surface area contributed by atoms with E-state index in [1.807, 2.05) is 12.1 Å². The molecule has 8 aromatic carbocycles. The predicted octanol–water partition coefficient (Wildman–Crippen LogP) is 14.2. The van der Waals surface area contributed by atoms with Crippen molar-refractivity contribution in [2.75, 3.05) is 50.7 Å². The number of ether oxygens (including phenoxy) is 5. The summed E-state index contributed by atoms with van der Waals surface area (Å²) in [6, 6.07) is 52.7. The van der Waals surface area contributed by atoms with E-state index in [1.165, 1.54) is 26.8 Å². The number of anilines is 4. The minimum Gasteiger partial charge on any atom is -0.506 e. The van der Waals surface area contributed by atoms with Gasteiger partial charge in [0.1, 0.15) is 53.7 Å². The molecule has 0 spiro atoms. The number of sulfonamides is 3. The fourth-order valence-electron chi connectivity index (χ4n) is 9.31. The quantitative estimate of drug-likeness (QED) is 0.00779. The van der Waals surface area contributed by atoms with E-state index in [1.54, 1.807) is 171 Å². The van der Waals surface area contributed by atoms with E-state index in [4.69, 9.17) is 45.7 Å². The van der Waals surface area contributed by atoms with Crippen LogP contribution in [0.2, 0.25) is 0 Å². The number of hydrogen-bond donors (Lipinski definition) is 5. The van der Waals surface area contributed by atoms with Crippen LogP contribution in [-0.4, -0.2) is 93.5 Å². The molecule has 0 bridgehead atoms. The van der Waals surface area contributed by atoms with E-state index in [0.29, 0.717) is 115 Å². The zero-order chi connectivity index (χ0) is 71.3. The Morgan fingerprint density at radius 2 is 0.939 bits per heavy atom.